The first-order valence-electron chi connectivity index (χ1n) is 9.45. The van der Waals surface area contributed by atoms with Gasteiger partial charge in [-0.2, -0.15) is 0 Å². The van der Waals surface area contributed by atoms with Gasteiger partial charge >= 0.3 is 0 Å². The SMILES string of the molecule is COc1ccc(CCNC(=O)CN2C[C@H]3CCC[C@@H](C2)N(C)C3=O)cc1. The first kappa shape index (κ1) is 18.7. The van der Waals surface area contributed by atoms with E-state index in [1.807, 2.05) is 36.2 Å². The summed E-state index contributed by atoms with van der Waals surface area (Å²) in [5.74, 6) is 1.16. The summed E-state index contributed by atoms with van der Waals surface area (Å²) in [6, 6.07) is 8.13. The maximum atomic E-state index is 12.4. The number of carbonyl (C=O) groups excluding carboxylic acids is 2. The summed E-state index contributed by atoms with van der Waals surface area (Å²) in [4.78, 5) is 28.8. The maximum absolute atomic E-state index is 12.4. The van der Waals surface area contributed by atoms with E-state index < -0.39 is 0 Å². The average molecular weight is 359 g/mol. The third kappa shape index (κ3) is 4.55. The second kappa shape index (κ2) is 8.54. The van der Waals surface area contributed by atoms with Gasteiger partial charge in [0.2, 0.25) is 11.8 Å². The predicted molar refractivity (Wildman–Crippen MR) is 100 cm³/mol. The van der Waals surface area contributed by atoms with Crippen LogP contribution in [0.15, 0.2) is 24.3 Å². The van der Waals surface area contributed by atoms with Crippen molar-refractivity contribution in [1.82, 2.24) is 15.1 Å². The molecule has 2 atom stereocenters. The number of likely N-dealkylation sites (N-methyl/N-ethyl adjacent to an activating group) is 1. The van der Waals surface area contributed by atoms with Crippen LogP contribution in [0.3, 0.4) is 0 Å². The number of rotatable bonds is 6. The Kier molecular flexibility index (Phi) is 6.14. The fourth-order valence-electron chi connectivity index (χ4n) is 3.98. The molecule has 0 radical (unpaired) electrons. The van der Waals surface area contributed by atoms with Gasteiger partial charge in [-0.15, -0.1) is 0 Å². The van der Waals surface area contributed by atoms with Crippen LogP contribution in [0.1, 0.15) is 24.8 Å². The Hall–Kier alpha value is -2.08. The van der Waals surface area contributed by atoms with E-state index in [-0.39, 0.29) is 23.8 Å². The number of hydrogen-bond donors (Lipinski definition) is 1. The van der Waals surface area contributed by atoms with Crippen molar-refractivity contribution in [3.05, 3.63) is 29.8 Å². The molecule has 2 aliphatic heterocycles. The van der Waals surface area contributed by atoms with E-state index in [1.165, 1.54) is 5.56 Å². The molecule has 2 amide bonds. The Labute approximate surface area is 155 Å². The highest BCUT2D eigenvalue weighted by atomic mass is 16.5. The molecule has 0 spiro atoms. The van der Waals surface area contributed by atoms with E-state index in [1.54, 1.807) is 7.11 Å². The Bertz CT molecular complexity index is 632. The molecule has 2 aliphatic rings. The predicted octanol–water partition coefficient (Wildman–Crippen LogP) is 1.30. The van der Waals surface area contributed by atoms with Crippen molar-refractivity contribution < 1.29 is 14.3 Å². The molecule has 1 N–H and O–H groups in total. The number of methoxy groups -OCH3 is 1. The van der Waals surface area contributed by atoms with Gasteiger partial charge in [0.05, 0.1) is 19.6 Å². The smallest absolute Gasteiger partial charge is 0.234 e. The summed E-state index contributed by atoms with van der Waals surface area (Å²) < 4.78 is 5.15. The second-order valence-electron chi connectivity index (χ2n) is 7.37. The molecule has 0 saturated carbocycles. The summed E-state index contributed by atoms with van der Waals surface area (Å²) in [5, 5.41) is 3.01. The molecule has 1 aromatic carbocycles. The zero-order chi connectivity index (χ0) is 18.5. The minimum atomic E-state index is 0.0357. The molecule has 3 rings (SSSR count). The van der Waals surface area contributed by atoms with E-state index in [2.05, 4.69) is 10.2 Å². The second-order valence-corrected chi connectivity index (χ2v) is 7.37. The molecular weight excluding hydrogens is 330 g/mol. The fraction of sp³-hybridized carbons (Fsp3) is 0.600. The van der Waals surface area contributed by atoms with Gasteiger partial charge in [-0.25, -0.2) is 0 Å². The van der Waals surface area contributed by atoms with Crippen LogP contribution >= 0.6 is 0 Å². The van der Waals surface area contributed by atoms with E-state index >= 15 is 0 Å². The lowest BCUT2D eigenvalue weighted by molar-refractivity contribution is -0.134. The Morgan fingerprint density at radius 3 is 2.73 bits per heavy atom. The van der Waals surface area contributed by atoms with Crippen molar-refractivity contribution in [2.24, 2.45) is 5.92 Å². The number of likely N-dealkylation sites (tertiary alicyclic amines) is 1. The van der Waals surface area contributed by atoms with Crippen molar-refractivity contribution in [3.8, 4) is 5.75 Å². The molecule has 6 heteroatoms. The Morgan fingerprint density at radius 2 is 2.00 bits per heavy atom. The summed E-state index contributed by atoms with van der Waals surface area (Å²) in [6.45, 7) is 2.48. The Morgan fingerprint density at radius 1 is 1.23 bits per heavy atom. The first-order chi connectivity index (χ1) is 12.6. The molecule has 0 unspecified atom stereocenters. The number of amides is 2. The minimum Gasteiger partial charge on any atom is -0.497 e. The van der Waals surface area contributed by atoms with Gasteiger partial charge in [-0.1, -0.05) is 18.6 Å². The lowest BCUT2D eigenvalue weighted by atomic mass is 9.99. The molecule has 6 nitrogen and oxygen atoms in total. The van der Waals surface area contributed by atoms with Gasteiger partial charge in [0.1, 0.15) is 5.75 Å². The largest absolute Gasteiger partial charge is 0.497 e. The molecule has 0 aromatic heterocycles. The number of nitrogens with zero attached hydrogens (tertiary/aromatic N) is 2. The number of hydrogen-bond acceptors (Lipinski definition) is 4. The maximum Gasteiger partial charge on any atom is 0.234 e. The number of carbonyl (C=O) groups is 2. The summed E-state index contributed by atoms with van der Waals surface area (Å²) in [6.07, 6.45) is 3.87. The highest BCUT2D eigenvalue weighted by Gasteiger charge is 2.36. The van der Waals surface area contributed by atoms with E-state index in [4.69, 9.17) is 4.74 Å². The van der Waals surface area contributed by atoms with Crippen molar-refractivity contribution >= 4 is 11.8 Å². The van der Waals surface area contributed by atoms with Gasteiger partial charge in [0.15, 0.2) is 0 Å². The van der Waals surface area contributed by atoms with Crippen LogP contribution in [-0.2, 0) is 16.0 Å². The van der Waals surface area contributed by atoms with Crippen molar-refractivity contribution in [2.45, 2.75) is 31.7 Å². The fourth-order valence-corrected chi connectivity index (χ4v) is 3.98. The van der Waals surface area contributed by atoms with Gasteiger partial charge in [-0.05, 0) is 37.0 Å². The number of nitrogens with one attached hydrogen (secondary N) is 1. The van der Waals surface area contributed by atoms with E-state index in [9.17, 15) is 9.59 Å². The van der Waals surface area contributed by atoms with E-state index in [0.717, 1.165) is 38.0 Å². The molecule has 26 heavy (non-hydrogen) atoms. The highest BCUT2D eigenvalue weighted by Crippen LogP contribution is 2.26. The topological polar surface area (TPSA) is 61.9 Å². The zero-order valence-electron chi connectivity index (χ0n) is 15.7. The summed E-state index contributed by atoms with van der Waals surface area (Å²) in [7, 11) is 3.56. The molecule has 2 bridgehead atoms. The summed E-state index contributed by atoms with van der Waals surface area (Å²) in [5.41, 5.74) is 1.17. The lowest BCUT2D eigenvalue weighted by Crippen LogP contribution is -2.44. The van der Waals surface area contributed by atoms with Crippen LogP contribution in [0.4, 0.5) is 0 Å². The summed E-state index contributed by atoms with van der Waals surface area (Å²) >= 11 is 0. The molecular formula is C20H29N3O3. The van der Waals surface area contributed by atoms with Crippen LogP contribution in [0, 0.1) is 5.92 Å². The standard InChI is InChI=1S/C20H29N3O3/c1-22-17-5-3-4-16(20(22)25)12-23(13-17)14-19(24)21-11-10-15-6-8-18(26-2)9-7-15/h6-9,16-17H,3-5,10-14H2,1-2H3,(H,21,24)/t16-,17+/m1/s1. The molecule has 2 heterocycles. The molecule has 1 aromatic rings. The van der Waals surface area contributed by atoms with Crippen LogP contribution < -0.4 is 10.1 Å². The van der Waals surface area contributed by atoms with Crippen molar-refractivity contribution in [3.63, 3.8) is 0 Å². The van der Waals surface area contributed by atoms with Crippen LogP contribution in [-0.4, -0.2) is 68.0 Å². The van der Waals surface area contributed by atoms with Gasteiger partial charge in [0, 0.05) is 32.7 Å². The Balaban J connectivity index is 1.46. The van der Waals surface area contributed by atoms with Crippen molar-refractivity contribution in [2.75, 3.05) is 40.3 Å². The normalized spacial score (nSPS) is 23.5. The molecule has 2 saturated heterocycles. The molecule has 2 fully saturated rings. The quantitative estimate of drug-likeness (QED) is 0.832. The number of benzene rings is 1. The van der Waals surface area contributed by atoms with Crippen LogP contribution in [0.2, 0.25) is 0 Å². The zero-order valence-corrected chi connectivity index (χ0v) is 15.7. The van der Waals surface area contributed by atoms with Gasteiger partial charge in [-0.3, -0.25) is 14.5 Å². The number of ether oxygens (including phenoxy) is 1. The first-order valence-corrected chi connectivity index (χ1v) is 9.45. The van der Waals surface area contributed by atoms with Crippen molar-refractivity contribution in [1.29, 1.82) is 0 Å². The average Bonchev–Trinajstić information content (AvgIpc) is 2.81. The monoisotopic (exact) mass is 359 g/mol. The minimum absolute atomic E-state index is 0.0357. The van der Waals surface area contributed by atoms with Crippen LogP contribution in [0.5, 0.6) is 5.75 Å². The lowest BCUT2D eigenvalue weighted by Gasteiger charge is -2.28. The molecule has 142 valence electrons. The third-order valence-electron chi connectivity index (χ3n) is 5.54. The third-order valence-corrected chi connectivity index (χ3v) is 5.54. The van der Waals surface area contributed by atoms with Crippen LogP contribution in [0.25, 0.3) is 0 Å². The van der Waals surface area contributed by atoms with Gasteiger partial charge in [0.25, 0.3) is 0 Å². The highest BCUT2D eigenvalue weighted by molar-refractivity contribution is 5.80. The van der Waals surface area contributed by atoms with E-state index in [0.29, 0.717) is 19.6 Å². The molecule has 0 aliphatic carbocycles. The van der Waals surface area contributed by atoms with Gasteiger partial charge < -0.3 is 15.0 Å². The number of fused-ring (bicyclic) bond motifs is 3.